The lowest BCUT2D eigenvalue weighted by Gasteiger charge is -2.12. The van der Waals surface area contributed by atoms with Crippen LogP contribution in [0.4, 0.5) is 17.1 Å². The molecule has 0 unspecified atom stereocenters. The molecule has 3 aromatic rings. The summed E-state index contributed by atoms with van der Waals surface area (Å²) in [6.07, 6.45) is 3.54. The quantitative estimate of drug-likeness (QED) is 0.704. The highest BCUT2D eigenvalue weighted by atomic mass is 16.7. The van der Waals surface area contributed by atoms with Crippen LogP contribution >= 0.6 is 0 Å². The lowest BCUT2D eigenvalue weighted by atomic mass is 10.1. The van der Waals surface area contributed by atoms with E-state index in [0.29, 0.717) is 5.69 Å². The van der Waals surface area contributed by atoms with Crippen LogP contribution in [0.3, 0.4) is 0 Å². The number of anilines is 3. The standard InChI is InChI=1S/C16H13N3O2/c17-16-12-5-6-18-8-10(12)1-3-13(16)19-11-2-4-14-15(7-11)21-9-20-14/h1-8,19H,9,17H2. The minimum atomic E-state index is 0.268. The molecule has 0 radical (unpaired) electrons. The van der Waals surface area contributed by atoms with E-state index < -0.39 is 0 Å². The monoisotopic (exact) mass is 279 g/mol. The van der Waals surface area contributed by atoms with Crippen molar-refractivity contribution in [3.63, 3.8) is 0 Å². The fraction of sp³-hybridized carbons (Fsp3) is 0.0625. The van der Waals surface area contributed by atoms with Gasteiger partial charge in [-0.05, 0) is 24.3 Å². The second-order valence-corrected chi connectivity index (χ2v) is 4.82. The van der Waals surface area contributed by atoms with Crippen molar-refractivity contribution in [1.29, 1.82) is 0 Å². The molecule has 21 heavy (non-hydrogen) atoms. The second kappa shape index (κ2) is 4.56. The summed E-state index contributed by atoms with van der Waals surface area (Å²) in [4.78, 5) is 4.10. The van der Waals surface area contributed by atoms with Gasteiger partial charge in [-0.25, -0.2) is 0 Å². The number of rotatable bonds is 2. The zero-order valence-corrected chi connectivity index (χ0v) is 11.2. The van der Waals surface area contributed by atoms with Gasteiger partial charge in [0.15, 0.2) is 11.5 Å². The summed E-state index contributed by atoms with van der Waals surface area (Å²) < 4.78 is 10.7. The van der Waals surface area contributed by atoms with Gasteiger partial charge in [-0.3, -0.25) is 4.98 Å². The van der Waals surface area contributed by atoms with Gasteiger partial charge in [0.1, 0.15) is 0 Å². The maximum atomic E-state index is 6.23. The highest BCUT2D eigenvalue weighted by Gasteiger charge is 2.13. The smallest absolute Gasteiger partial charge is 0.231 e. The number of fused-ring (bicyclic) bond motifs is 2. The second-order valence-electron chi connectivity index (χ2n) is 4.82. The summed E-state index contributed by atoms with van der Waals surface area (Å²) in [6.45, 7) is 0.268. The van der Waals surface area contributed by atoms with E-state index >= 15 is 0 Å². The lowest BCUT2D eigenvalue weighted by Crippen LogP contribution is -1.97. The summed E-state index contributed by atoms with van der Waals surface area (Å²) in [6, 6.07) is 11.6. The first-order valence-electron chi connectivity index (χ1n) is 6.60. The Labute approximate surface area is 121 Å². The molecule has 4 rings (SSSR count). The Kier molecular flexibility index (Phi) is 2.57. The highest BCUT2D eigenvalue weighted by molar-refractivity contribution is 5.99. The van der Waals surface area contributed by atoms with Crippen molar-refractivity contribution < 1.29 is 9.47 Å². The number of pyridine rings is 1. The predicted octanol–water partition coefficient (Wildman–Crippen LogP) is 3.29. The molecule has 0 saturated heterocycles. The molecule has 0 amide bonds. The molecule has 0 bridgehead atoms. The van der Waals surface area contributed by atoms with E-state index in [4.69, 9.17) is 15.2 Å². The third-order valence-corrected chi connectivity index (χ3v) is 3.51. The molecule has 2 aromatic carbocycles. The predicted molar refractivity (Wildman–Crippen MR) is 82.0 cm³/mol. The summed E-state index contributed by atoms with van der Waals surface area (Å²) in [5.74, 6) is 1.50. The molecule has 1 aromatic heterocycles. The van der Waals surface area contributed by atoms with E-state index in [9.17, 15) is 0 Å². The fourth-order valence-electron chi connectivity index (χ4n) is 2.43. The zero-order chi connectivity index (χ0) is 14.2. The Morgan fingerprint density at radius 1 is 1.05 bits per heavy atom. The number of benzene rings is 2. The molecule has 5 nitrogen and oxygen atoms in total. The average molecular weight is 279 g/mol. The van der Waals surface area contributed by atoms with E-state index in [1.165, 1.54) is 0 Å². The van der Waals surface area contributed by atoms with Gasteiger partial charge in [0.05, 0.1) is 11.4 Å². The van der Waals surface area contributed by atoms with Crippen molar-refractivity contribution >= 4 is 27.8 Å². The maximum Gasteiger partial charge on any atom is 0.231 e. The zero-order valence-electron chi connectivity index (χ0n) is 11.2. The normalized spacial score (nSPS) is 12.6. The summed E-state index contributed by atoms with van der Waals surface area (Å²) in [5.41, 5.74) is 8.69. The summed E-state index contributed by atoms with van der Waals surface area (Å²) >= 11 is 0. The van der Waals surface area contributed by atoms with Crippen LogP contribution in [0.5, 0.6) is 11.5 Å². The number of nitrogens with zero attached hydrogens (tertiary/aromatic N) is 1. The van der Waals surface area contributed by atoms with Gasteiger partial charge >= 0.3 is 0 Å². The highest BCUT2D eigenvalue weighted by Crippen LogP contribution is 2.36. The molecule has 1 aliphatic heterocycles. The lowest BCUT2D eigenvalue weighted by molar-refractivity contribution is 0.174. The first-order valence-corrected chi connectivity index (χ1v) is 6.60. The third kappa shape index (κ3) is 1.99. The Morgan fingerprint density at radius 2 is 1.95 bits per heavy atom. The van der Waals surface area contributed by atoms with E-state index in [1.807, 2.05) is 36.4 Å². The molecule has 2 heterocycles. The minimum absolute atomic E-state index is 0.268. The number of nitrogens with one attached hydrogen (secondary N) is 1. The Balaban J connectivity index is 1.72. The number of nitrogen functional groups attached to an aromatic ring is 1. The number of aromatic nitrogens is 1. The van der Waals surface area contributed by atoms with Crippen molar-refractivity contribution in [2.24, 2.45) is 0 Å². The topological polar surface area (TPSA) is 69.4 Å². The van der Waals surface area contributed by atoms with Crippen molar-refractivity contribution in [3.8, 4) is 11.5 Å². The summed E-state index contributed by atoms with van der Waals surface area (Å²) in [7, 11) is 0. The van der Waals surface area contributed by atoms with Crippen molar-refractivity contribution in [2.45, 2.75) is 0 Å². The first-order chi connectivity index (χ1) is 10.3. The largest absolute Gasteiger partial charge is 0.454 e. The molecule has 5 heteroatoms. The first kappa shape index (κ1) is 11.8. The SMILES string of the molecule is Nc1c(Nc2ccc3c(c2)OCO3)ccc2cnccc12. The maximum absolute atomic E-state index is 6.23. The summed E-state index contributed by atoms with van der Waals surface area (Å²) in [5, 5.41) is 5.31. The average Bonchev–Trinajstić information content (AvgIpc) is 2.98. The Morgan fingerprint density at radius 3 is 2.90 bits per heavy atom. The van der Waals surface area contributed by atoms with Crippen LogP contribution in [0.25, 0.3) is 10.8 Å². The fourth-order valence-corrected chi connectivity index (χ4v) is 2.43. The van der Waals surface area contributed by atoms with E-state index in [2.05, 4.69) is 10.3 Å². The molecule has 0 spiro atoms. The van der Waals surface area contributed by atoms with Gasteiger partial charge in [-0.15, -0.1) is 0 Å². The van der Waals surface area contributed by atoms with Crippen molar-refractivity contribution in [1.82, 2.24) is 4.98 Å². The van der Waals surface area contributed by atoms with Crippen LogP contribution in [0.2, 0.25) is 0 Å². The number of ether oxygens (including phenoxy) is 2. The van der Waals surface area contributed by atoms with Gasteiger partial charge in [-0.1, -0.05) is 6.07 Å². The van der Waals surface area contributed by atoms with E-state index in [1.54, 1.807) is 12.4 Å². The van der Waals surface area contributed by atoms with Crippen molar-refractivity contribution in [3.05, 3.63) is 48.8 Å². The molecule has 0 aliphatic carbocycles. The molecule has 104 valence electrons. The Bertz CT molecular complexity index is 833. The van der Waals surface area contributed by atoms with Gasteiger partial charge in [0, 0.05) is 34.9 Å². The van der Waals surface area contributed by atoms with Gasteiger partial charge < -0.3 is 20.5 Å². The molecular formula is C16H13N3O2. The number of nitrogens with two attached hydrogens (primary N) is 1. The van der Waals surface area contributed by atoms with Gasteiger partial charge in [0.2, 0.25) is 6.79 Å². The molecule has 0 fully saturated rings. The molecule has 0 saturated carbocycles. The van der Waals surface area contributed by atoms with Crippen LogP contribution < -0.4 is 20.5 Å². The number of hydrogen-bond acceptors (Lipinski definition) is 5. The van der Waals surface area contributed by atoms with Crippen LogP contribution in [0, 0.1) is 0 Å². The molecular weight excluding hydrogens is 266 g/mol. The van der Waals surface area contributed by atoms with Crippen LogP contribution in [-0.2, 0) is 0 Å². The van der Waals surface area contributed by atoms with Gasteiger partial charge in [-0.2, -0.15) is 0 Å². The molecule has 3 N–H and O–H groups in total. The molecule has 1 aliphatic rings. The van der Waals surface area contributed by atoms with Crippen molar-refractivity contribution in [2.75, 3.05) is 17.8 Å². The Hall–Kier alpha value is -2.95. The third-order valence-electron chi connectivity index (χ3n) is 3.51. The van der Waals surface area contributed by atoms with Crippen LogP contribution in [0.1, 0.15) is 0 Å². The molecule has 0 atom stereocenters. The number of hydrogen-bond donors (Lipinski definition) is 2. The van der Waals surface area contributed by atoms with Crippen LogP contribution in [-0.4, -0.2) is 11.8 Å². The minimum Gasteiger partial charge on any atom is -0.454 e. The van der Waals surface area contributed by atoms with Gasteiger partial charge in [0.25, 0.3) is 0 Å². The van der Waals surface area contributed by atoms with E-state index in [0.717, 1.165) is 33.6 Å². The van der Waals surface area contributed by atoms with Crippen LogP contribution in [0.15, 0.2) is 48.8 Å². The van der Waals surface area contributed by atoms with E-state index in [-0.39, 0.29) is 6.79 Å².